The molecule has 0 aliphatic rings. The summed E-state index contributed by atoms with van der Waals surface area (Å²) in [4.78, 5) is 0. The van der Waals surface area contributed by atoms with Crippen LogP contribution in [-0.2, 0) is 0 Å². The molecular weight excluding hydrogens is 342 g/mol. The summed E-state index contributed by atoms with van der Waals surface area (Å²) < 4.78 is 5.94. The minimum atomic E-state index is 0.845. The van der Waals surface area contributed by atoms with Crippen LogP contribution in [0.2, 0.25) is 0 Å². The molecule has 0 aromatic heterocycles. The predicted octanol–water partition coefficient (Wildman–Crippen LogP) is 8.76. The van der Waals surface area contributed by atoms with Gasteiger partial charge >= 0.3 is 0 Å². The highest BCUT2D eigenvalue weighted by Crippen LogP contribution is 2.18. The molecule has 1 aromatic rings. The monoisotopic (exact) mass is 389 g/mol. The van der Waals surface area contributed by atoms with Crippen molar-refractivity contribution < 1.29 is 4.74 Å². The van der Waals surface area contributed by atoms with E-state index in [1.165, 1.54) is 108 Å². The van der Waals surface area contributed by atoms with Crippen molar-refractivity contribution in [2.75, 3.05) is 18.5 Å². The summed E-state index contributed by atoms with van der Waals surface area (Å²) in [7, 11) is 0. The third-order valence-electron chi connectivity index (χ3n) is 5.46. The molecule has 162 valence electrons. The quantitative estimate of drug-likeness (QED) is 0.225. The van der Waals surface area contributed by atoms with Gasteiger partial charge < -0.3 is 10.1 Å². The summed E-state index contributed by atoms with van der Waals surface area (Å²) in [5.41, 5.74) is 1.18. The molecule has 0 amide bonds. The van der Waals surface area contributed by atoms with E-state index in [1.807, 2.05) is 0 Å². The zero-order valence-corrected chi connectivity index (χ0v) is 18.9. The van der Waals surface area contributed by atoms with E-state index >= 15 is 0 Å². The molecule has 1 N–H and O–H groups in total. The number of nitrogens with one attached hydrogen (secondary N) is 1. The Balaban J connectivity index is 1.94. The molecule has 0 saturated heterocycles. The first-order valence-corrected chi connectivity index (χ1v) is 12.3. The molecular formula is C26H47NO. The number of hydrogen-bond acceptors (Lipinski definition) is 2. The molecule has 0 radical (unpaired) electrons. The van der Waals surface area contributed by atoms with Crippen molar-refractivity contribution in [1.82, 2.24) is 0 Å². The Hall–Kier alpha value is -1.18. The number of hydrogen-bond donors (Lipinski definition) is 1. The van der Waals surface area contributed by atoms with Gasteiger partial charge in [0.05, 0.1) is 6.61 Å². The normalized spacial score (nSPS) is 10.9. The van der Waals surface area contributed by atoms with Crippen LogP contribution < -0.4 is 10.1 Å². The van der Waals surface area contributed by atoms with Crippen molar-refractivity contribution >= 4 is 5.69 Å². The van der Waals surface area contributed by atoms with Crippen molar-refractivity contribution in [3.05, 3.63) is 24.3 Å². The van der Waals surface area contributed by atoms with Gasteiger partial charge in [-0.2, -0.15) is 0 Å². The van der Waals surface area contributed by atoms with Gasteiger partial charge in [0.15, 0.2) is 0 Å². The Labute approximate surface area is 175 Å². The average molecular weight is 390 g/mol. The Bertz CT molecular complexity index is 446. The van der Waals surface area contributed by atoms with Gasteiger partial charge in [0.25, 0.3) is 0 Å². The predicted molar refractivity (Wildman–Crippen MR) is 126 cm³/mol. The fourth-order valence-corrected chi connectivity index (χ4v) is 3.61. The number of unbranched alkanes of at least 4 members (excludes halogenated alkanes) is 14. The van der Waals surface area contributed by atoms with Gasteiger partial charge in [-0.15, -0.1) is 0 Å². The van der Waals surface area contributed by atoms with E-state index in [9.17, 15) is 0 Å². The van der Waals surface area contributed by atoms with Crippen LogP contribution in [0, 0.1) is 0 Å². The molecule has 1 rings (SSSR count). The largest absolute Gasteiger partial charge is 0.494 e. The van der Waals surface area contributed by atoms with E-state index in [1.54, 1.807) is 0 Å². The van der Waals surface area contributed by atoms with Crippen LogP contribution in [0.4, 0.5) is 5.69 Å². The second-order valence-corrected chi connectivity index (χ2v) is 8.25. The van der Waals surface area contributed by atoms with Crippen molar-refractivity contribution in [1.29, 1.82) is 0 Å². The maximum Gasteiger partial charge on any atom is 0.121 e. The average Bonchev–Trinajstić information content (AvgIpc) is 2.71. The topological polar surface area (TPSA) is 21.3 Å². The maximum absolute atomic E-state index is 5.94. The highest BCUT2D eigenvalue weighted by atomic mass is 16.5. The van der Waals surface area contributed by atoms with Crippen molar-refractivity contribution in [3.63, 3.8) is 0 Å². The van der Waals surface area contributed by atoms with Gasteiger partial charge in [-0.3, -0.25) is 0 Å². The molecule has 0 aliphatic heterocycles. The molecule has 0 unspecified atom stereocenters. The minimum Gasteiger partial charge on any atom is -0.494 e. The van der Waals surface area contributed by atoms with Crippen LogP contribution in [0.15, 0.2) is 24.3 Å². The fourth-order valence-electron chi connectivity index (χ4n) is 3.61. The third kappa shape index (κ3) is 14.8. The smallest absolute Gasteiger partial charge is 0.121 e. The Morgan fingerprint density at radius 3 is 1.79 bits per heavy atom. The van der Waals surface area contributed by atoms with E-state index in [-0.39, 0.29) is 0 Å². The highest BCUT2D eigenvalue weighted by Gasteiger charge is 1.98. The molecule has 28 heavy (non-hydrogen) atoms. The van der Waals surface area contributed by atoms with Crippen LogP contribution in [0.1, 0.15) is 117 Å². The highest BCUT2D eigenvalue weighted by molar-refractivity contribution is 5.48. The summed E-state index contributed by atoms with van der Waals surface area (Å²) >= 11 is 0. The van der Waals surface area contributed by atoms with Gasteiger partial charge in [0.2, 0.25) is 0 Å². The van der Waals surface area contributed by atoms with Crippen LogP contribution in [0.25, 0.3) is 0 Å². The lowest BCUT2D eigenvalue weighted by molar-refractivity contribution is 0.304. The minimum absolute atomic E-state index is 0.845. The van der Waals surface area contributed by atoms with E-state index < -0.39 is 0 Å². The second kappa shape index (κ2) is 19.2. The lowest BCUT2D eigenvalue weighted by Crippen LogP contribution is -2.02. The Morgan fingerprint density at radius 2 is 1.18 bits per heavy atom. The summed E-state index contributed by atoms with van der Waals surface area (Å²) in [6, 6.07) is 8.44. The van der Waals surface area contributed by atoms with E-state index in [4.69, 9.17) is 4.74 Å². The summed E-state index contributed by atoms with van der Waals surface area (Å²) in [5, 5.41) is 3.51. The third-order valence-corrected chi connectivity index (χ3v) is 5.46. The lowest BCUT2D eigenvalue weighted by atomic mass is 10.1. The molecule has 0 bridgehead atoms. The van der Waals surface area contributed by atoms with Crippen molar-refractivity contribution in [2.24, 2.45) is 0 Å². The SMILES string of the molecule is CCCCCCCCCCCCCCOc1cccc(NCCCCCC)c1. The molecule has 2 heteroatoms. The van der Waals surface area contributed by atoms with E-state index in [0.717, 1.165) is 18.9 Å². The van der Waals surface area contributed by atoms with Gasteiger partial charge in [0.1, 0.15) is 5.75 Å². The Kier molecular flexibility index (Phi) is 17.0. The molecule has 2 nitrogen and oxygen atoms in total. The van der Waals surface area contributed by atoms with Crippen LogP contribution >= 0.6 is 0 Å². The van der Waals surface area contributed by atoms with Crippen molar-refractivity contribution in [3.8, 4) is 5.75 Å². The van der Waals surface area contributed by atoms with Crippen LogP contribution in [-0.4, -0.2) is 13.2 Å². The molecule has 0 spiro atoms. The first-order valence-electron chi connectivity index (χ1n) is 12.3. The summed E-state index contributed by atoms with van der Waals surface area (Å²) in [6.07, 6.45) is 21.8. The molecule has 0 aliphatic carbocycles. The fraction of sp³-hybridized carbons (Fsp3) is 0.769. The summed E-state index contributed by atoms with van der Waals surface area (Å²) in [6.45, 7) is 6.44. The first-order chi connectivity index (χ1) is 13.9. The second-order valence-electron chi connectivity index (χ2n) is 8.25. The van der Waals surface area contributed by atoms with Gasteiger partial charge in [-0.25, -0.2) is 0 Å². The summed E-state index contributed by atoms with van der Waals surface area (Å²) in [5.74, 6) is 1.00. The van der Waals surface area contributed by atoms with E-state index in [0.29, 0.717) is 0 Å². The van der Waals surface area contributed by atoms with Crippen LogP contribution in [0.5, 0.6) is 5.75 Å². The number of rotatable bonds is 20. The van der Waals surface area contributed by atoms with Gasteiger partial charge in [0, 0.05) is 18.3 Å². The number of anilines is 1. The number of benzene rings is 1. The zero-order valence-electron chi connectivity index (χ0n) is 18.9. The molecule has 1 aromatic carbocycles. The van der Waals surface area contributed by atoms with E-state index in [2.05, 4.69) is 43.4 Å². The standard InChI is InChI=1S/C26H47NO/c1-3-5-7-9-10-11-12-13-14-15-16-18-23-28-26-21-19-20-25(24-26)27-22-17-8-6-4-2/h19-21,24,27H,3-18,22-23H2,1-2H3. The first kappa shape index (κ1) is 24.9. The molecule has 0 atom stereocenters. The van der Waals surface area contributed by atoms with Gasteiger partial charge in [-0.05, 0) is 25.0 Å². The lowest BCUT2D eigenvalue weighted by Gasteiger charge is -2.10. The number of ether oxygens (including phenoxy) is 1. The van der Waals surface area contributed by atoms with Crippen molar-refractivity contribution in [2.45, 2.75) is 117 Å². The molecule has 0 saturated carbocycles. The maximum atomic E-state index is 5.94. The Morgan fingerprint density at radius 1 is 0.643 bits per heavy atom. The van der Waals surface area contributed by atoms with Gasteiger partial charge in [-0.1, -0.05) is 110 Å². The zero-order chi connectivity index (χ0) is 20.1. The molecule has 0 fully saturated rings. The van der Waals surface area contributed by atoms with Crippen LogP contribution in [0.3, 0.4) is 0 Å². The molecule has 0 heterocycles.